The van der Waals surface area contributed by atoms with Crippen molar-refractivity contribution in [2.45, 2.75) is 39.2 Å². The highest BCUT2D eigenvalue weighted by molar-refractivity contribution is 6.35. The van der Waals surface area contributed by atoms with Crippen molar-refractivity contribution in [3.63, 3.8) is 0 Å². The molecule has 5 nitrogen and oxygen atoms in total. The van der Waals surface area contributed by atoms with Gasteiger partial charge in [-0.2, -0.15) is 0 Å². The van der Waals surface area contributed by atoms with Crippen molar-refractivity contribution in [3.8, 4) is 5.75 Å². The molecule has 0 aromatic heterocycles. The molecular formula is C16H21Cl2NO4. The molecule has 1 aromatic carbocycles. The molecule has 128 valence electrons. The van der Waals surface area contributed by atoms with Gasteiger partial charge in [0.1, 0.15) is 17.9 Å². The fraction of sp³-hybridized carbons (Fsp3) is 0.500. The number of nitrogens with one attached hydrogen (secondary N) is 1. The molecule has 0 saturated heterocycles. The lowest BCUT2D eigenvalue weighted by atomic mass is 10.2. The molecule has 0 spiro atoms. The summed E-state index contributed by atoms with van der Waals surface area (Å²) < 4.78 is 10.6. The Morgan fingerprint density at radius 3 is 2.52 bits per heavy atom. The van der Waals surface area contributed by atoms with Crippen LogP contribution in [0, 0.1) is 0 Å². The summed E-state index contributed by atoms with van der Waals surface area (Å²) in [5, 5.41) is 3.46. The van der Waals surface area contributed by atoms with E-state index in [0.29, 0.717) is 28.8 Å². The number of ether oxygens (including phenoxy) is 2. The number of carbonyl (C=O) groups is 2. The van der Waals surface area contributed by atoms with Crippen molar-refractivity contribution in [1.29, 1.82) is 0 Å². The highest BCUT2D eigenvalue weighted by atomic mass is 35.5. The zero-order chi connectivity index (χ0) is 17.5. The monoisotopic (exact) mass is 361 g/mol. The van der Waals surface area contributed by atoms with Crippen molar-refractivity contribution < 1.29 is 19.1 Å². The molecule has 0 aliphatic carbocycles. The molecule has 0 aliphatic heterocycles. The third-order valence-corrected chi connectivity index (χ3v) is 3.08. The second-order valence-corrected chi connectivity index (χ2v) is 6.73. The summed E-state index contributed by atoms with van der Waals surface area (Å²) in [6.45, 7) is 5.51. The average Bonchev–Trinajstić information content (AvgIpc) is 2.41. The van der Waals surface area contributed by atoms with Crippen LogP contribution in [0.15, 0.2) is 18.2 Å². The first kappa shape index (κ1) is 19.6. The molecule has 1 rings (SSSR count). The van der Waals surface area contributed by atoms with Crippen LogP contribution in [0.3, 0.4) is 0 Å². The molecule has 0 atom stereocenters. The summed E-state index contributed by atoms with van der Waals surface area (Å²) >= 11 is 11.8. The quantitative estimate of drug-likeness (QED) is 0.595. The average molecular weight is 362 g/mol. The molecular weight excluding hydrogens is 341 g/mol. The van der Waals surface area contributed by atoms with Gasteiger partial charge in [0.05, 0.1) is 11.6 Å². The third kappa shape index (κ3) is 8.67. The Balaban J connectivity index is 2.20. The van der Waals surface area contributed by atoms with E-state index in [9.17, 15) is 9.59 Å². The van der Waals surface area contributed by atoms with Crippen LogP contribution in [-0.4, -0.2) is 30.6 Å². The van der Waals surface area contributed by atoms with Crippen LogP contribution in [0.2, 0.25) is 10.0 Å². The molecule has 1 N–H and O–H groups in total. The molecule has 0 radical (unpaired) electrons. The van der Waals surface area contributed by atoms with E-state index in [1.54, 1.807) is 39.0 Å². The first-order chi connectivity index (χ1) is 10.7. The van der Waals surface area contributed by atoms with Gasteiger partial charge in [0.2, 0.25) is 5.91 Å². The maximum absolute atomic E-state index is 11.6. The Kier molecular flexibility index (Phi) is 7.65. The van der Waals surface area contributed by atoms with Gasteiger partial charge in [0, 0.05) is 11.4 Å². The smallest absolute Gasteiger partial charge is 0.325 e. The molecule has 0 aliphatic rings. The molecule has 0 unspecified atom stereocenters. The maximum atomic E-state index is 11.6. The first-order valence-electron chi connectivity index (χ1n) is 7.24. The van der Waals surface area contributed by atoms with E-state index in [-0.39, 0.29) is 18.9 Å². The zero-order valence-electron chi connectivity index (χ0n) is 13.4. The topological polar surface area (TPSA) is 64.6 Å². The predicted molar refractivity (Wildman–Crippen MR) is 90.0 cm³/mol. The largest absolute Gasteiger partial charge is 0.492 e. The zero-order valence-corrected chi connectivity index (χ0v) is 15.0. The van der Waals surface area contributed by atoms with E-state index in [0.717, 1.165) is 0 Å². The fourth-order valence-corrected chi connectivity index (χ4v) is 2.11. The number of halogens is 2. The summed E-state index contributed by atoms with van der Waals surface area (Å²) in [4.78, 5) is 23.1. The van der Waals surface area contributed by atoms with Crippen LogP contribution in [0.5, 0.6) is 5.75 Å². The minimum Gasteiger partial charge on any atom is -0.492 e. The van der Waals surface area contributed by atoms with Crippen LogP contribution >= 0.6 is 23.2 Å². The maximum Gasteiger partial charge on any atom is 0.325 e. The van der Waals surface area contributed by atoms with Gasteiger partial charge in [-0.05, 0) is 45.4 Å². The number of benzene rings is 1. The standard InChI is InChI=1S/C16H21Cl2NO4/c1-16(2,3)23-15(21)10-19-14(20)5-4-8-22-13-7-6-11(17)9-12(13)18/h6-7,9H,4-5,8,10H2,1-3H3,(H,19,20). The van der Waals surface area contributed by atoms with Gasteiger partial charge >= 0.3 is 5.97 Å². The first-order valence-corrected chi connectivity index (χ1v) is 7.99. The van der Waals surface area contributed by atoms with Gasteiger partial charge in [-0.15, -0.1) is 0 Å². The Morgan fingerprint density at radius 2 is 1.91 bits per heavy atom. The van der Waals surface area contributed by atoms with Gasteiger partial charge in [-0.1, -0.05) is 23.2 Å². The SMILES string of the molecule is CC(C)(C)OC(=O)CNC(=O)CCCOc1ccc(Cl)cc1Cl. The summed E-state index contributed by atoms with van der Waals surface area (Å²) in [5.41, 5.74) is -0.562. The Bertz CT molecular complexity index is 556. The Hall–Kier alpha value is -1.46. The summed E-state index contributed by atoms with van der Waals surface area (Å²) in [5.74, 6) is -0.179. The molecule has 7 heteroatoms. The highest BCUT2D eigenvalue weighted by Crippen LogP contribution is 2.27. The predicted octanol–water partition coefficient (Wildman–Crippen LogP) is 3.61. The van der Waals surface area contributed by atoms with Gasteiger partial charge in [-0.25, -0.2) is 0 Å². The lowest BCUT2D eigenvalue weighted by Gasteiger charge is -2.19. The molecule has 0 heterocycles. The lowest BCUT2D eigenvalue weighted by Crippen LogP contribution is -2.34. The molecule has 0 saturated carbocycles. The normalized spacial score (nSPS) is 11.0. The second-order valence-electron chi connectivity index (χ2n) is 5.89. The molecule has 0 bridgehead atoms. The number of esters is 1. The number of rotatable bonds is 7. The molecule has 1 aromatic rings. The third-order valence-electron chi connectivity index (χ3n) is 2.55. The molecule has 1 amide bonds. The van der Waals surface area contributed by atoms with E-state index >= 15 is 0 Å². The van der Waals surface area contributed by atoms with Crippen molar-refractivity contribution >= 4 is 35.1 Å². The van der Waals surface area contributed by atoms with Crippen molar-refractivity contribution in [2.75, 3.05) is 13.2 Å². The van der Waals surface area contributed by atoms with Crippen LogP contribution in [0.4, 0.5) is 0 Å². The lowest BCUT2D eigenvalue weighted by molar-refractivity contribution is -0.154. The van der Waals surface area contributed by atoms with E-state index in [1.165, 1.54) is 0 Å². The summed E-state index contributed by atoms with van der Waals surface area (Å²) in [6, 6.07) is 4.94. The van der Waals surface area contributed by atoms with Gasteiger partial charge < -0.3 is 14.8 Å². The second kappa shape index (κ2) is 8.99. The van der Waals surface area contributed by atoms with E-state index in [1.807, 2.05) is 0 Å². The van der Waals surface area contributed by atoms with Crippen molar-refractivity contribution in [3.05, 3.63) is 28.2 Å². The number of amides is 1. The summed E-state index contributed by atoms with van der Waals surface area (Å²) in [6.07, 6.45) is 0.743. The highest BCUT2D eigenvalue weighted by Gasteiger charge is 2.16. The van der Waals surface area contributed by atoms with Gasteiger partial charge in [-0.3, -0.25) is 9.59 Å². The van der Waals surface area contributed by atoms with E-state index in [4.69, 9.17) is 32.7 Å². The van der Waals surface area contributed by atoms with Crippen LogP contribution in [0.1, 0.15) is 33.6 Å². The van der Waals surface area contributed by atoms with Gasteiger partial charge in [0.15, 0.2) is 0 Å². The molecule has 23 heavy (non-hydrogen) atoms. The van der Waals surface area contributed by atoms with Crippen molar-refractivity contribution in [1.82, 2.24) is 5.32 Å². The fourth-order valence-electron chi connectivity index (χ4n) is 1.64. The van der Waals surface area contributed by atoms with E-state index < -0.39 is 11.6 Å². The van der Waals surface area contributed by atoms with Crippen LogP contribution in [-0.2, 0) is 14.3 Å². The van der Waals surface area contributed by atoms with E-state index in [2.05, 4.69) is 5.32 Å². The van der Waals surface area contributed by atoms with Gasteiger partial charge in [0.25, 0.3) is 0 Å². The molecule has 0 fully saturated rings. The van der Waals surface area contributed by atoms with Crippen LogP contribution < -0.4 is 10.1 Å². The number of hydrogen-bond donors (Lipinski definition) is 1. The Morgan fingerprint density at radius 1 is 1.22 bits per heavy atom. The van der Waals surface area contributed by atoms with Crippen molar-refractivity contribution in [2.24, 2.45) is 0 Å². The summed E-state index contributed by atoms with van der Waals surface area (Å²) in [7, 11) is 0. The Labute approximate surface area is 146 Å². The minimum atomic E-state index is -0.562. The van der Waals surface area contributed by atoms with Crippen LogP contribution in [0.25, 0.3) is 0 Å². The minimum absolute atomic E-state index is 0.139. The number of carbonyl (C=O) groups excluding carboxylic acids is 2. The number of hydrogen-bond acceptors (Lipinski definition) is 4.